The molecular formula is C27H47NO2. The van der Waals surface area contributed by atoms with E-state index in [-0.39, 0.29) is 11.0 Å². The van der Waals surface area contributed by atoms with E-state index in [1.54, 1.807) is 0 Å². The average molecular weight is 418 g/mol. The van der Waals surface area contributed by atoms with Crippen LogP contribution in [0.25, 0.3) is 0 Å². The van der Waals surface area contributed by atoms with Crippen LogP contribution in [0.15, 0.2) is 0 Å². The lowest BCUT2D eigenvalue weighted by Crippen LogP contribution is -2.59. The first-order valence-corrected chi connectivity index (χ1v) is 13.3. The molecule has 4 saturated carbocycles. The van der Waals surface area contributed by atoms with Crippen molar-refractivity contribution >= 4 is 0 Å². The summed E-state index contributed by atoms with van der Waals surface area (Å²) in [7, 11) is 0. The number of fused-ring (bicyclic) bond motifs is 5. The molecule has 0 heterocycles. The topological polar surface area (TPSA) is 43.1 Å². The number of nitrogens with zero attached hydrogens (tertiary/aromatic N) is 1. The Labute approximate surface area is 185 Å². The molecule has 3 heteroatoms. The Balaban J connectivity index is 1.57. The van der Waals surface area contributed by atoms with Crippen molar-refractivity contribution in [1.82, 2.24) is 0 Å². The second kappa shape index (κ2) is 8.39. The zero-order chi connectivity index (χ0) is 21.7. The van der Waals surface area contributed by atoms with Gasteiger partial charge in [-0.3, -0.25) is 10.1 Å². The summed E-state index contributed by atoms with van der Waals surface area (Å²) in [6.45, 7) is 12.2. The second-order valence-corrected chi connectivity index (χ2v) is 12.9. The Morgan fingerprint density at radius 2 is 1.67 bits per heavy atom. The van der Waals surface area contributed by atoms with Gasteiger partial charge >= 0.3 is 0 Å². The van der Waals surface area contributed by atoms with Crippen LogP contribution in [-0.4, -0.2) is 11.0 Å². The normalized spacial score (nSPS) is 46.7. The summed E-state index contributed by atoms with van der Waals surface area (Å²) in [5.74, 6) is 4.46. The highest BCUT2D eigenvalue weighted by Gasteiger charge is 2.65. The quantitative estimate of drug-likeness (QED) is 0.327. The summed E-state index contributed by atoms with van der Waals surface area (Å²) in [5, 5.41) is 12.3. The molecule has 0 aromatic rings. The van der Waals surface area contributed by atoms with Crippen molar-refractivity contribution in [2.75, 3.05) is 0 Å². The Morgan fingerprint density at radius 1 is 0.933 bits per heavy atom. The van der Waals surface area contributed by atoms with Gasteiger partial charge in [0.05, 0.1) is 0 Å². The maximum Gasteiger partial charge on any atom is 0.216 e. The van der Waals surface area contributed by atoms with Crippen LogP contribution >= 0.6 is 0 Å². The Hall–Kier alpha value is -0.600. The van der Waals surface area contributed by atoms with Gasteiger partial charge in [-0.05, 0) is 84.9 Å². The van der Waals surface area contributed by atoms with Gasteiger partial charge in [0.25, 0.3) is 0 Å². The highest BCUT2D eigenvalue weighted by Crippen LogP contribution is 2.68. The molecule has 4 fully saturated rings. The Kier molecular flexibility index (Phi) is 6.32. The molecule has 4 rings (SSSR count). The van der Waals surface area contributed by atoms with Crippen LogP contribution in [-0.2, 0) is 0 Å². The molecule has 30 heavy (non-hydrogen) atoms. The van der Waals surface area contributed by atoms with Crippen molar-refractivity contribution in [2.45, 2.75) is 118 Å². The molecule has 172 valence electrons. The highest BCUT2D eigenvalue weighted by molar-refractivity contribution is 5.11. The number of nitro groups is 1. The fraction of sp³-hybridized carbons (Fsp3) is 1.00. The van der Waals surface area contributed by atoms with Crippen LogP contribution in [0.4, 0.5) is 0 Å². The smallest absolute Gasteiger partial charge is 0.216 e. The van der Waals surface area contributed by atoms with Gasteiger partial charge in [-0.25, -0.2) is 0 Å². The van der Waals surface area contributed by atoms with Gasteiger partial charge in [-0.15, -0.1) is 0 Å². The van der Waals surface area contributed by atoms with Crippen LogP contribution < -0.4 is 0 Å². The second-order valence-electron chi connectivity index (χ2n) is 12.9. The van der Waals surface area contributed by atoms with Crippen molar-refractivity contribution in [3.8, 4) is 0 Å². The van der Waals surface area contributed by atoms with E-state index in [0.717, 1.165) is 24.2 Å². The standard InChI is InChI=1S/C27H47NO2/c1-18(2)9-8-10-19(3)21-12-13-22-25-23(14-16-27(21,22)5)26(4)15-7-6-11-20(26)17-24(25)28(29)30/h18-25H,6-17H2,1-5H3/t19-,20-,21-,22+,23+,24-,25+,26+,27-/m1/s1. The van der Waals surface area contributed by atoms with E-state index in [0.29, 0.717) is 34.5 Å². The average Bonchev–Trinajstić information content (AvgIpc) is 3.03. The molecule has 0 unspecified atom stereocenters. The molecular weight excluding hydrogens is 370 g/mol. The van der Waals surface area contributed by atoms with Crippen molar-refractivity contribution in [3.05, 3.63) is 10.1 Å². The molecule has 4 aliphatic carbocycles. The summed E-state index contributed by atoms with van der Waals surface area (Å²) in [4.78, 5) is 12.5. The predicted octanol–water partition coefficient (Wildman–Crippen LogP) is 7.75. The Bertz CT molecular complexity index is 632. The fourth-order valence-corrected chi connectivity index (χ4v) is 9.51. The van der Waals surface area contributed by atoms with Gasteiger partial charge in [-0.2, -0.15) is 0 Å². The minimum Gasteiger partial charge on any atom is -0.264 e. The first-order chi connectivity index (χ1) is 14.2. The first kappa shape index (κ1) is 22.6. The summed E-state index contributed by atoms with van der Waals surface area (Å²) in [6.07, 6.45) is 15.2. The van der Waals surface area contributed by atoms with Crippen LogP contribution in [0.1, 0.15) is 112 Å². The molecule has 0 spiro atoms. The summed E-state index contributed by atoms with van der Waals surface area (Å²) in [5.41, 5.74) is 0.711. The minimum atomic E-state index is -0.272. The minimum absolute atomic E-state index is 0.164. The van der Waals surface area contributed by atoms with Gasteiger partial charge in [0, 0.05) is 17.3 Å². The molecule has 0 radical (unpaired) electrons. The van der Waals surface area contributed by atoms with Gasteiger partial charge in [0.15, 0.2) is 0 Å². The monoisotopic (exact) mass is 417 g/mol. The van der Waals surface area contributed by atoms with Crippen molar-refractivity contribution < 1.29 is 4.92 Å². The van der Waals surface area contributed by atoms with Crippen molar-refractivity contribution in [2.24, 2.45) is 52.3 Å². The lowest BCUT2D eigenvalue weighted by Gasteiger charge is -2.60. The van der Waals surface area contributed by atoms with Crippen molar-refractivity contribution in [3.63, 3.8) is 0 Å². The molecule has 9 atom stereocenters. The highest BCUT2D eigenvalue weighted by atomic mass is 16.6. The lowest BCUT2D eigenvalue weighted by atomic mass is 9.43. The van der Waals surface area contributed by atoms with E-state index in [1.165, 1.54) is 70.6 Å². The van der Waals surface area contributed by atoms with E-state index in [4.69, 9.17) is 0 Å². The van der Waals surface area contributed by atoms with Crippen LogP contribution in [0.3, 0.4) is 0 Å². The molecule has 0 aromatic heterocycles. The zero-order valence-electron chi connectivity index (χ0n) is 20.4. The molecule has 3 nitrogen and oxygen atoms in total. The zero-order valence-corrected chi connectivity index (χ0v) is 20.4. The van der Waals surface area contributed by atoms with Gasteiger partial charge in [0.2, 0.25) is 6.04 Å². The molecule has 0 saturated heterocycles. The molecule has 0 aliphatic heterocycles. The van der Waals surface area contributed by atoms with Crippen LogP contribution in [0, 0.1) is 62.4 Å². The van der Waals surface area contributed by atoms with Crippen LogP contribution in [0.2, 0.25) is 0 Å². The lowest BCUT2D eigenvalue weighted by molar-refractivity contribution is -0.548. The van der Waals surface area contributed by atoms with E-state index >= 15 is 0 Å². The number of hydrogen-bond acceptors (Lipinski definition) is 2. The fourth-order valence-electron chi connectivity index (χ4n) is 9.51. The predicted molar refractivity (Wildman–Crippen MR) is 124 cm³/mol. The van der Waals surface area contributed by atoms with Crippen LogP contribution in [0.5, 0.6) is 0 Å². The van der Waals surface area contributed by atoms with E-state index in [9.17, 15) is 10.1 Å². The van der Waals surface area contributed by atoms with Crippen molar-refractivity contribution in [1.29, 1.82) is 0 Å². The van der Waals surface area contributed by atoms with E-state index in [1.807, 2.05) is 0 Å². The van der Waals surface area contributed by atoms with E-state index < -0.39 is 0 Å². The third-order valence-electron chi connectivity index (χ3n) is 11.1. The third-order valence-corrected chi connectivity index (χ3v) is 11.1. The molecule has 0 amide bonds. The molecule has 0 aromatic carbocycles. The summed E-state index contributed by atoms with van der Waals surface area (Å²) in [6, 6.07) is -0.272. The molecule has 0 bridgehead atoms. The molecule has 0 N–H and O–H groups in total. The maximum atomic E-state index is 12.3. The molecule has 4 aliphatic rings. The summed E-state index contributed by atoms with van der Waals surface area (Å²) < 4.78 is 0. The van der Waals surface area contributed by atoms with Gasteiger partial charge in [0.1, 0.15) is 0 Å². The van der Waals surface area contributed by atoms with E-state index in [2.05, 4.69) is 34.6 Å². The first-order valence-electron chi connectivity index (χ1n) is 13.3. The van der Waals surface area contributed by atoms with Gasteiger partial charge < -0.3 is 0 Å². The number of hydrogen-bond donors (Lipinski definition) is 0. The largest absolute Gasteiger partial charge is 0.264 e. The third kappa shape index (κ3) is 3.64. The summed E-state index contributed by atoms with van der Waals surface area (Å²) >= 11 is 0. The SMILES string of the molecule is CC(C)CCC[C@@H](C)[C@H]1CC[C@H]2[C@@H]3[C@H]([N+](=O)[O-])C[C@H]4CCCC[C@]4(C)[C@H]3CC[C@]12C. The number of rotatable bonds is 6. The Morgan fingerprint density at radius 3 is 2.37 bits per heavy atom. The van der Waals surface area contributed by atoms with Gasteiger partial charge in [-0.1, -0.05) is 66.7 Å². The maximum absolute atomic E-state index is 12.3.